The minimum atomic E-state index is -3.18. The monoisotopic (exact) mass is 236 g/mol. The molecule has 5 heteroatoms. The number of ether oxygens (including phenoxy) is 1. The van der Waals surface area contributed by atoms with Crippen LogP contribution >= 0.6 is 11.6 Å². The van der Waals surface area contributed by atoms with Gasteiger partial charge in [-0.15, -0.1) is 0 Å². The SMILES string of the molecule is COc1cccc(Cl)c1C(F)(F)CCO. The van der Waals surface area contributed by atoms with Crippen molar-refractivity contribution in [2.75, 3.05) is 13.7 Å². The molecule has 0 radical (unpaired) electrons. The summed E-state index contributed by atoms with van der Waals surface area (Å²) in [6.45, 7) is -0.610. The number of aliphatic hydroxyl groups excluding tert-OH is 1. The van der Waals surface area contributed by atoms with Gasteiger partial charge in [-0.25, -0.2) is 8.78 Å². The van der Waals surface area contributed by atoms with Gasteiger partial charge in [0.2, 0.25) is 0 Å². The predicted octanol–water partition coefficient (Wildman–Crippen LogP) is 2.82. The summed E-state index contributed by atoms with van der Waals surface area (Å²) in [5.74, 6) is -3.15. The molecule has 0 aliphatic rings. The summed E-state index contributed by atoms with van der Waals surface area (Å²) in [5, 5.41) is 8.49. The van der Waals surface area contributed by atoms with Gasteiger partial charge < -0.3 is 9.84 Å². The molecule has 0 saturated carbocycles. The molecule has 1 aromatic rings. The van der Waals surface area contributed by atoms with Gasteiger partial charge in [-0.2, -0.15) is 0 Å². The molecule has 1 N–H and O–H groups in total. The molecular formula is C10H11ClF2O2. The highest BCUT2D eigenvalue weighted by molar-refractivity contribution is 6.31. The van der Waals surface area contributed by atoms with E-state index >= 15 is 0 Å². The van der Waals surface area contributed by atoms with E-state index in [0.29, 0.717) is 0 Å². The van der Waals surface area contributed by atoms with E-state index in [2.05, 4.69) is 0 Å². The van der Waals surface area contributed by atoms with Gasteiger partial charge in [0.15, 0.2) is 0 Å². The van der Waals surface area contributed by atoms with Crippen LogP contribution in [0.2, 0.25) is 5.02 Å². The first-order valence-corrected chi connectivity index (χ1v) is 4.72. The Morgan fingerprint density at radius 3 is 2.67 bits per heavy atom. The molecule has 0 aliphatic heterocycles. The molecule has 0 saturated heterocycles. The number of rotatable bonds is 4. The van der Waals surface area contributed by atoms with E-state index in [1.165, 1.54) is 25.3 Å². The van der Waals surface area contributed by atoms with E-state index in [1.807, 2.05) is 0 Å². The van der Waals surface area contributed by atoms with E-state index in [4.69, 9.17) is 21.4 Å². The third-order valence-corrected chi connectivity index (χ3v) is 2.30. The second-order valence-electron chi connectivity index (χ2n) is 3.00. The summed E-state index contributed by atoms with van der Waals surface area (Å²) in [4.78, 5) is 0. The first-order valence-electron chi connectivity index (χ1n) is 4.34. The first kappa shape index (κ1) is 12.2. The number of halogens is 3. The lowest BCUT2D eigenvalue weighted by Gasteiger charge is -2.19. The number of alkyl halides is 2. The Hall–Kier alpha value is -0.870. The average Bonchev–Trinajstić information content (AvgIpc) is 2.16. The van der Waals surface area contributed by atoms with Crippen molar-refractivity contribution in [1.29, 1.82) is 0 Å². The summed E-state index contributed by atoms with van der Waals surface area (Å²) in [6, 6.07) is 4.30. The fourth-order valence-electron chi connectivity index (χ4n) is 1.29. The maximum Gasteiger partial charge on any atom is 0.280 e. The zero-order valence-corrected chi connectivity index (χ0v) is 8.89. The molecule has 1 aromatic carbocycles. The largest absolute Gasteiger partial charge is 0.496 e. The third kappa shape index (κ3) is 2.58. The van der Waals surface area contributed by atoms with Crippen LogP contribution in [0.25, 0.3) is 0 Å². The third-order valence-electron chi connectivity index (χ3n) is 1.99. The second-order valence-corrected chi connectivity index (χ2v) is 3.40. The summed E-state index contributed by atoms with van der Waals surface area (Å²) < 4.78 is 31.9. The van der Waals surface area contributed by atoms with Crippen LogP contribution in [0.15, 0.2) is 18.2 Å². The molecule has 0 aromatic heterocycles. The Bertz CT molecular complexity index is 342. The quantitative estimate of drug-likeness (QED) is 0.871. The Morgan fingerprint density at radius 1 is 1.47 bits per heavy atom. The van der Waals surface area contributed by atoms with Crippen molar-refractivity contribution in [3.63, 3.8) is 0 Å². The van der Waals surface area contributed by atoms with Gasteiger partial charge >= 0.3 is 0 Å². The van der Waals surface area contributed by atoms with Crippen molar-refractivity contribution in [3.8, 4) is 5.75 Å². The molecule has 0 fully saturated rings. The van der Waals surface area contributed by atoms with E-state index in [9.17, 15) is 8.78 Å². The predicted molar refractivity (Wildman–Crippen MR) is 53.6 cm³/mol. The lowest BCUT2D eigenvalue weighted by Crippen LogP contribution is -2.17. The summed E-state index contributed by atoms with van der Waals surface area (Å²) >= 11 is 5.69. The molecule has 0 spiro atoms. The van der Waals surface area contributed by atoms with Crippen LogP contribution in [0.1, 0.15) is 12.0 Å². The highest BCUT2D eigenvalue weighted by Gasteiger charge is 2.36. The van der Waals surface area contributed by atoms with Gasteiger partial charge in [-0.3, -0.25) is 0 Å². The maximum absolute atomic E-state index is 13.5. The van der Waals surface area contributed by atoms with Crippen LogP contribution in [0.5, 0.6) is 5.75 Å². The van der Waals surface area contributed by atoms with Crippen LogP contribution in [0, 0.1) is 0 Å². The highest BCUT2D eigenvalue weighted by Crippen LogP contribution is 2.41. The molecule has 0 amide bonds. The lowest BCUT2D eigenvalue weighted by atomic mass is 10.0. The molecule has 1 rings (SSSR count). The summed E-state index contributed by atoms with van der Waals surface area (Å²) in [5.41, 5.74) is -0.372. The summed E-state index contributed by atoms with van der Waals surface area (Å²) in [6.07, 6.45) is -0.674. The topological polar surface area (TPSA) is 29.5 Å². The van der Waals surface area contributed by atoms with Crippen molar-refractivity contribution in [3.05, 3.63) is 28.8 Å². The van der Waals surface area contributed by atoms with Gasteiger partial charge in [0.25, 0.3) is 5.92 Å². The number of benzene rings is 1. The van der Waals surface area contributed by atoms with E-state index in [-0.39, 0.29) is 16.3 Å². The fourth-order valence-corrected chi connectivity index (χ4v) is 1.60. The van der Waals surface area contributed by atoms with Crippen molar-refractivity contribution >= 4 is 11.6 Å². The molecule has 0 heterocycles. The molecular weight excluding hydrogens is 226 g/mol. The molecule has 15 heavy (non-hydrogen) atoms. The summed E-state index contributed by atoms with van der Waals surface area (Å²) in [7, 11) is 1.30. The van der Waals surface area contributed by atoms with Gasteiger partial charge in [0, 0.05) is 13.0 Å². The van der Waals surface area contributed by atoms with Crippen molar-refractivity contribution < 1.29 is 18.6 Å². The van der Waals surface area contributed by atoms with Crippen molar-refractivity contribution in [2.24, 2.45) is 0 Å². The van der Waals surface area contributed by atoms with Crippen LogP contribution in [-0.4, -0.2) is 18.8 Å². The smallest absolute Gasteiger partial charge is 0.280 e. The second kappa shape index (κ2) is 4.77. The zero-order valence-electron chi connectivity index (χ0n) is 8.14. The number of aliphatic hydroxyl groups is 1. The molecule has 0 bridgehead atoms. The lowest BCUT2D eigenvalue weighted by molar-refractivity contribution is -0.0286. The van der Waals surface area contributed by atoms with Gasteiger partial charge in [0.1, 0.15) is 5.75 Å². The van der Waals surface area contributed by atoms with E-state index in [0.717, 1.165) is 0 Å². The van der Waals surface area contributed by atoms with E-state index in [1.54, 1.807) is 0 Å². The average molecular weight is 237 g/mol. The molecule has 0 atom stereocenters. The molecule has 0 unspecified atom stereocenters. The number of methoxy groups -OCH3 is 1. The number of hydrogen-bond donors (Lipinski definition) is 1. The fraction of sp³-hybridized carbons (Fsp3) is 0.400. The molecule has 84 valence electrons. The van der Waals surface area contributed by atoms with Crippen LogP contribution in [0.3, 0.4) is 0 Å². The number of hydrogen-bond acceptors (Lipinski definition) is 2. The Labute approximate surface area is 91.4 Å². The Kier molecular flexibility index (Phi) is 3.88. The maximum atomic E-state index is 13.5. The Balaban J connectivity index is 3.21. The Morgan fingerprint density at radius 2 is 2.13 bits per heavy atom. The molecule has 2 nitrogen and oxygen atoms in total. The van der Waals surface area contributed by atoms with Crippen LogP contribution < -0.4 is 4.74 Å². The van der Waals surface area contributed by atoms with Gasteiger partial charge in [-0.1, -0.05) is 17.7 Å². The highest BCUT2D eigenvalue weighted by atomic mass is 35.5. The van der Waals surface area contributed by atoms with Gasteiger partial charge in [0.05, 0.1) is 17.7 Å². The minimum Gasteiger partial charge on any atom is -0.496 e. The zero-order chi connectivity index (χ0) is 11.5. The normalized spacial score (nSPS) is 11.5. The van der Waals surface area contributed by atoms with Gasteiger partial charge in [-0.05, 0) is 12.1 Å². The minimum absolute atomic E-state index is 0.0287. The van der Waals surface area contributed by atoms with Crippen molar-refractivity contribution in [1.82, 2.24) is 0 Å². The molecule has 0 aliphatic carbocycles. The van der Waals surface area contributed by atoms with Crippen LogP contribution in [0.4, 0.5) is 8.78 Å². The van der Waals surface area contributed by atoms with E-state index < -0.39 is 19.0 Å². The van der Waals surface area contributed by atoms with Crippen molar-refractivity contribution in [2.45, 2.75) is 12.3 Å². The van der Waals surface area contributed by atoms with Crippen LogP contribution in [-0.2, 0) is 5.92 Å². The first-order chi connectivity index (χ1) is 7.03. The standard InChI is InChI=1S/C10H11ClF2O2/c1-15-8-4-2-3-7(11)9(8)10(12,13)5-6-14/h2-4,14H,5-6H2,1H3.